The van der Waals surface area contributed by atoms with Crippen molar-refractivity contribution in [1.29, 1.82) is 0 Å². The van der Waals surface area contributed by atoms with Crippen LogP contribution in [0.4, 0.5) is 0 Å². The molecule has 6 nitrogen and oxygen atoms in total. The molecule has 1 aromatic carbocycles. The molecule has 0 aliphatic rings. The van der Waals surface area contributed by atoms with E-state index in [9.17, 15) is 9.59 Å². The van der Waals surface area contributed by atoms with Crippen LogP contribution in [0, 0.1) is 13.8 Å². The second kappa shape index (κ2) is 9.60. The first-order valence-electron chi connectivity index (χ1n) is 9.12. The summed E-state index contributed by atoms with van der Waals surface area (Å²) in [6.07, 6.45) is 3.63. The Morgan fingerprint density at radius 2 is 2.00 bits per heavy atom. The average molecular weight is 389 g/mol. The van der Waals surface area contributed by atoms with Crippen molar-refractivity contribution in [3.63, 3.8) is 0 Å². The number of imidazole rings is 1. The Morgan fingerprint density at radius 1 is 1.26 bits per heavy atom. The molecule has 0 saturated carbocycles. The number of rotatable bonds is 8. The standard InChI is InChI=1S/C20H28N4O2S/c1-6-23(12-18(25)22-14(2)3)19(26)13-27-20-21-9-10-24(20)17-8-7-15(4)16(5)11-17/h7-11,14H,6,12-13H2,1-5H3,(H,22,25). The van der Waals surface area contributed by atoms with E-state index in [4.69, 9.17) is 0 Å². The van der Waals surface area contributed by atoms with Gasteiger partial charge in [-0.15, -0.1) is 0 Å². The van der Waals surface area contributed by atoms with E-state index < -0.39 is 0 Å². The lowest BCUT2D eigenvalue weighted by molar-refractivity contribution is -0.134. The third-order valence-corrected chi connectivity index (χ3v) is 5.17. The van der Waals surface area contributed by atoms with Crippen LogP contribution < -0.4 is 5.32 Å². The number of carbonyl (C=O) groups is 2. The van der Waals surface area contributed by atoms with Gasteiger partial charge in [-0.1, -0.05) is 17.8 Å². The van der Waals surface area contributed by atoms with Gasteiger partial charge in [-0.3, -0.25) is 14.2 Å². The molecule has 2 aromatic rings. The molecule has 0 spiro atoms. The van der Waals surface area contributed by atoms with Gasteiger partial charge in [0.15, 0.2) is 5.16 Å². The zero-order valence-corrected chi connectivity index (χ0v) is 17.5. The molecule has 0 bridgehead atoms. The van der Waals surface area contributed by atoms with Crippen molar-refractivity contribution in [1.82, 2.24) is 19.8 Å². The van der Waals surface area contributed by atoms with Crippen LogP contribution in [-0.2, 0) is 9.59 Å². The molecule has 2 rings (SSSR count). The van der Waals surface area contributed by atoms with Crippen LogP contribution in [0.15, 0.2) is 35.7 Å². The Hall–Kier alpha value is -2.28. The maximum atomic E-state index is 12.5. The molecule has 7 heteroatoms. The first kappa shape index (κ1) is 21.0. The molecular formula is C20H28N4O2S. The number of nitrogens with one attached hydrogen (secondary N) is 1. The summed E-state index contributed by atoms with van der Waals surface area (Å²) in [6.45, 7) is 10.4. The van der Waals surface area contributed by atoms with Crippen molar-refractivity contribution < 1.29 is 9.59 Å². The highest BCUT2D eigenvalue weighted by atomic mass is 32.2. The number of benzene rings is 1. The van der Waals surface area contributed by atoms with Gasteiger partial charge < -0.3 is 10.2 Å². The van der Waals surface area contributed by atoms with Crippen molar-refractivity contribution in [3.05, 3.63) is 41.7 Å². The van der Waals surface area contributed by atoms with E-state index in [1.165, 1.54) is 22.9 Å². The molecule has 0 aliphatic heterocycles. The van der Waals surface area contributed by atoms with E-state index in [2.05, 4.69) is 36.3 Å². The van der Waals surface area contributed by atoms with Crippen molar-refractivity contribution in [2.24, 2.45) is 0 Å². The summed E-state index contributed by atoms with van der Waals surface area (Å²) in [5, 5.41) is 3.57. The number of thioether (sulfide) groups is 1. The number of likely N-dealkylation sites (N-methyl/N-ethyl adjacent to an activating group) is 1. The fourth-order valence-electron chi connectivity index (χ4n) is 2.60. The quantitative estimate of drug-likeness (QED) is 0.706. The topological polar surface area (TPSA) is 67.2 Å². The lowest BCUT2D eigenvalue weighted by Gasteiger charge is -2.21. The van der Waals surface area contributed by atoms with Gasteiger partial charge in [0.1, 0.15) is 0 Å². The Kier molecular flexibility index (Phi) is 7.47. The predicted octanol–water partition coefficient (Wildman–Crippen LogP) is 2.95. The van der Waals surface area contributed by atoms with Gasteiger partial charge in [0.2, 0.25) is 11.8 Å². The maximum Gasteiger partial charge on any atom is 0.239 e. The van der Waals surface area contributed by atoms with E-state index >= 15 is 0 Å². The second-order valence-electron chi connectivity index (χ2n) is 6.77. The van der Waals surface area contributed by atoms with E-state index in [0.29, 0.717) is 6.54 Å². The summed E-state index contributed by atoms with van der Waals surface area (Å²) in [7, 11) is 0. The van der Waals surface area contributed by atoms with Gasteiger partial charge in [-0.2, -0.15) is 0 Å². The Balaban J connectivity index is 2.02. The van der Waals surface area contributed by atoms with Crippen molar-refractivity contribution in [2.45, 2.75) is 45.8 Å². The van der Waals surface area contributed by atoms with Gasteiger partial charge in [-0.25, -0.2) is 4.98 Å². The van der Waals surface area contributed by atoms with Crippen LogP contribution in [0.25, 0.3) is 5.69 Å². The third-order valence-electron chi connectivity index (χ3n) is 4.22. The molecule has 1 aromatic heterocycles. The van der Waals surface area contributed by atoms with Gasteiger partial charge in [-0.05, 0) is 57.9 Å². The highest BCUT2D eigenvalue weighted by Gasteiger charge is 2.17. The summed E-state index contributed by atoms with van der Waals surface area (Å²) in [5.41, 5.74) is 3.47. The highest BCUT2D eigenvalue weighted by Crippen LogP contribution is 2.22. The smallest absolute Gasteiger partial charge is 0.239 e. The molecule has 1 heterocycles. The Labute approximate surface area is 165 Å². The molecule has 0 unspecified atom stereocenters. The predicted molar refractivity (Wildman–Crippen MR) is 109 cm³/mol. The average Bonchev–Trinajstić information content (AvgIpc) is 3.07. The van der Waals surface area contributed by atoms with Crippen LogP contribution in [0.2, 0.25) is 0 Å². The molecule has 2 amide bonds. The summed E-state index contributed by atoms with van der Waals surface area (Å²) in [4.78, 5) is 30.4. The minimum absolute atomic E-state index is 0.0612. The van der Waals surface area contributed by atoms with Crippen LogP contribution in [0.1, 0.15) is 31.9 Å². The number of aromatic nitrogens is 2. The van der Waals surface area contributed by atoms with E-state index in [0.717, 1.165) is 10.8 Å². The van der Waals surface area contributed by atoms with Crippen LogP contribution in [0.3, 0.4) is 0 Å². The normalized spacial score (nSPS) is 10.9. The molecule has 0 fully saturated rings. The van der Waals surface area contributed by atoms with E-state index in [1.807, 2.05) is 37.6 Å². The summed E-state index contributed by atoms with van der Waals surface area (Å²) in [6, 6.07) is 6.30. The minimum Gasteiger partial charge on any atom is -0.352 e. The molecule has 27 heavy (non-hydrogen) atoms. The molecule has 0 aliphatic carbocycles. The lowest BCUT2D eigenvalue weighted by atomic mass is 10.1. The highest BCUT2D eigenvalue weighted by molar-refractivity contribution is 7.99. The molecule has 0 saturated heterocycles. The van der Waals surface area contributed by atoms with Gasteiger partial charge >= 0.3 is 0 Å². The Bertz CT molecular complexity index is 801. The van der Waals surface area contributed by atoms with Crippen LogP contribution in [-0.4, -0.2) is 51.1 Å². The van der Waals surface area contributed by atoms with Crippen molar-refractivity contribution in [2.75, 3.05) is 18.8 Å². The maximum absolute atomic E-state index is 12.5. The van der Waals surface area contributed by atoms with Gasteiger partial charge in [0, 0.05) is 30.7 Å². The number of nitrogens with zero attached hydrogens (tertiary/aromatic N) is 3. The van der Waals surface area contributed by atoms with Crippen LogP contribution in [0.5, 0.6) is 0 Å². The van der Waals surface area contributed by atoms with Crippen molar-refractivity contribution >= 4 is 23.6 Å². The fourth-order valence-corrected chi connectivity index (χ4v) is 3.48. The van der Waals surface area contributed by atoms with Gasteiger partial charge in [0.25, 0.3) is 0 Å². The summed E-state index contributed by atoms with van der Waals surface area (Å²) in [5.74, 6) is 0.0304. The number of carbonyl (C=O) groups excluding carboxylic acids is 2. The van der Waals surface area contributed by atoms with E-state index in [-0.39, 0.29) is 30.2 Å². The summed E-state index contributed by atoms with van der Waals surface area (Å²) >= 11 is 1.38. The first-order valence-corrected chi connectivity index (χ1v) is 10.1. The van der Waals surface area contributed by atoms with Crippen molar-refractivity contribution in [3.8, 4) is 5.69 Å². The molecule has 1 N–H and O–H groups in total. The van der Waals surface area contributed by atoms with Crippen LogP contribution >= 0.6 is 11.8 Å². The second-order valence-corrected chi connectivity index (χ2v) is 7.71. The largest absolute Gasteiger partial charge is 0.352 e. The SMILES string of the molecule is CCN(CC(=O)NC(C)C)C(=O)CSc1nccn1-c1ccc(C)c(C)c1. The number of hydrogen-bond donors (Lipinski definition) is 1. The molecule has 146 valence electrons. The zero-order chi connectivity index (χ0) is 20.0. The van der Waals surface area contributed by atoms with Gasteiger partial charge in [0.05, 0.1) is 12.3 Å². The first-order chi connectivity index (χ1) is 12.8. The van der Waals surface area contributed by atoms with E-state index in [1.54, 1.807) is 11.1 Å². The summed E-state index contributed by atoms with van der Waals surface area (Å²) < 4.78 is 1.98. The zero-order valence-electron chi connectivity index (χ0n) is 16.7. The molecular weight excluding hydrogens is 360 g/mol. The third kappa shape index (κ3) is 5.85. The monoisotopic (exact) mass is 388 g/mol. The fraction of sp³-hybridized carbons (Fsp3) is 0.450. The Morgan fingerprint density at radius 3 is 2.63 bits per heavy atom. The minimum atomic E-state index is -0.137. The number of amides is 2. The number of aryl methyl sites for hydroxylation is 2. The lowest BCUT2D eigenvalue weighted by Crippen LogP contribution is -2.43. The number of hydrogen-bond acceptors (Lipinski definition) is 4. The molecule has 0 radical (unpaired) electrons. The molecule has 0 atom stereocenters.